The van der Waals surface area contributed by atoms with Gasteiger partial charge in [-0.25, -0.2) is 4.31 Å². The Morgan fingerprint density at radius 3 is 2.89 bits per heavy atom. The number of nitrogens with zero attached hydrogens (tertiary/aromatic N) is 2. The van der Waals surface area contributed by atoms with Gasteiger partial charge in [0.05, 0.1) is 30.5 Å². The number of fused-ring (bicyclic) bond motifs is 1. The molecule has 1 aromatic carbocycles. The van der Waals surface area contributed by atoms with E-state index >= 15 is 0 Å². The zero-order valence-electron chi connectivity index (χ0n) is 10.5. The summed E-state index contributed by atoms with van der Waals surface area (Å²) in [4.78, 5) is 0. The normalized spacial score (nSPS) is 27.3. The third-order valence-corrected chi connectivity index (χ3v) is 5.22. The van der Waals surface area contributed by atoms with E-state index in [1.807, 2.05) is 24.3 Å². The first kappa shape index (κ1) is 13.7. The topological polar surface area (TPSA) is 35.9 Å². The predicted octanol–water partition coefficient (Wildman–Crippen LogP) is 3.46. The maximum absolute atomic E-state index is 10.2. The number of rotatable bonds is 3. The van der Waals surface area contributed by atoms with Crippen LogP contribution in [0, 0.1) is 0 Å². The van der Waals surface area contributed by atoms with E-state index in [2.05, 4.69) is 20.2 Å². The second kappa shape index (κ2) is 6.01. The first-order valence-corrected chi connectivity index (χ1v) is 8.07. The van der Waals surface area contributed by atoms with E-state index < -0.39 is 0 Å². The molecule has 1 aromatic rings. The minimum atomic E-state index is 0.347. The van der Waals surface area contributed by atoms with Gasteiger partial charge in [-0.15, -0.1) is 0 Å². The number of halogens is 1. The Bertz CT molecular complexity index is 431. The highest BCUT2D eigenvalue weighted by Crippen LogP contribution is 2.35. The van der Waals surface area contributed by atoms with Gasteiger partial charge in [-0.05, 0) is 43.5 Å². The van der Waals surface area contributed by atoms with Crippen LogP contribution in [0.25, 0.3) is 0 Å². The van der Waals surface area contributed by atoms with Crippen molar-refractivity contribution in [2.45, 2.75) is 31.4 Å². The van der Waals surface area contributed by atoms with Gasteiger partial charge < -0.3 is 4.74 Å². The summed E-state index contributed by atoms with van der Waals surface area (Å²) >= 11 is 4.78. The van der Waals surface area contributed by atoms with E-state index in [0.717, 1.165) is 36.2 Å². The number of hydrogen-bond acceptors (Lipinski definition) is 5. The molecule has 0 bridgehead atoms. The maximum Gasteiger partial charge on any atom is 0.0779 e. The summed E-state index contributed by atoms with van der Waals surface area (Å²) in [6.07, 6.45) is 3.87. The third kappa shape index (κ3) is 3.08. The van der Waals surface area contributed by atoms with E-state index in [1.165, 1.54) is 23.0 Å². The molecule has 4 nitrogen and oxygen atoms in total. The standard InChI is InChI=1S/C13H17BrN2O2S/c14-10-4-6-11(7-5-10)16(17)19-15-8-9-18-13-3-1-2-12(13)15/h4-7,12-13,17H,1-3,8-9H2. The molecule has 2 atom stereocenters. The summed E-state index contributed by atoms with van der Waals surface area (Å²) in [6.45, 7) is 1.61. The molecule has 2 aliphatic rings. The first-order valence-electron chi connectivity index (χ1n) is 6.55. The van der Waals surface area contributed by atoms with E-state index in [9.17, 15) is 5.21 Å². The Morgan fingerprint density at radius 1 is 1.32 bits per heavy atom. The Morgan fingerprint density at radius 2 is 2.11 bits per heavy atom. The van der Waals surface area contributed by atoms with Crippen LogP contribution in [0.5, 0.6) is 0 Å². The molecule has 19 heavy (non-hydrogen) atoms. The molecule has 3 rings (SSSR count). The Labute approximate surface area is 126 Å². The highest BCUT2D eigenvalue weighted by Gasteiger charge is 2.37. The van der Waals surface area contributed by atoms with E-state index in [4.69, 9.17) is 4.74 Å². The minimum Gasteiger partial charge on any atom is -0.375 e. The average Bonchev–Trinajstić information content (AvgIpc) is 2.89. The number of morpholine rings is 1. The van der Waals surface area contributed by atoms with Crippen molar-refractivity contribution in [3.05, 3.63) is 28.7 Å². The van der Waals surface area contributed by atoms with Gasteiger partial charge in [0.2, 0.25) is 0 Å². The lowest BCUT2D eigenvalue weighted by molar-refractivity contribution is -0.0211. The SMILES string of the molecule is ON(SN1CCOC2CCCC21)c1ccc(Br)cc1. The molecule has 1 heterocycles. The highest BCUT2D eigenvalue weighted by atomic mass is 79.9. The van der Waals surface area contributed by atoms with Crippen LogP contribution in [-0.2, 0) is 4.74 Å². The molecule has 0 aromatic heterocycles. The fraction of sp³-hybridized carbons (Fsp3) is 0.538. The van der Waals surface area contributed by atoms with Gasteiger partial charge in [-0.2, -0.15) is 4.47 Å². The number of hydrogen-bond donors (Lipinski definition) is 1. The quantitative estimate of drug-likeness (QED) is 0.671. The van der Waals surface area contributed by atoms with Crippen LogP contribution < -0.4 is 4.47 Å². The van der Waals surface area contributed by atoms with E-state index in [-0.39, 0.29) is 0 Å². The Kier molecular flexibility index (Phi) is 4.34. The third-order valence-electron chi connectivity index (χ3n) is 3.66. The van der Waals surface area contributed by atoms with Crippen LogP contribution in [-0.4, -0.2) is 34.8 Å². The molecule has 1 saturated heterocycles. The second-order valence-corrected chi connectivity index (χ2v) is 6.77. The van der Waals surface area contributed by atoms with Gasteiger partial charge in [0.15, 0.2) is 0 Å². The van der Waals surface area contributed by atoms with Gasteiger partial charge in [0.25, 0.3) is 0 Å². The summed E-state index contributed by atoms with van der Waals surface area (Å²) in [5.41, 5.74) is 0.786. The monoisotopic (exact) mass is 344 g/mol. The molecule has 0 radical (unpaired) electrons. The summed E-state index contributed by atoms with van der Waals surface area (Å²) in [5.74, 6) is 0. The van der Waals surface area contributed by atoms with Crippen LogP contribution in [0.2, 0.25) is 0 Å². The number of benzene rings is 1. The second-order valence-electron chi connectivity index (χ2n) is 4.88. The molecule has 0 amide bonds. The maximum atomic E-state index is 10.2. The van der Waals surface area contributed by atoms with Crippen molar-refractivity contribution in [3.63, 3.8) is 0 Å². The van der Waals surface area contributed by atoms with E-state index in [0.29, 0.717) is 12.1 Å². The summed E-state index contributed by atoms with van der Waals surface area (Å²) in [6, 6.07) is 8.07. The Balaban J connectivity index is 1.65. The minimum absolute atomic E-state index is 0.347. The van der Waals surface area contributed by atoms with Crippen LogP contribution in [0.1, 0.15) is 19.3 Å². The molecular formula is C13H17BrN2O2S. The lowest BCUT2D eigenvalue weighted by atomic mass is 10.2. The van der Waals surface area contributed by atoms with Crippen molar-refractivity contribution >= 4 is 33.8 Å². The average molecular weight is 345 g/mol. The van der Waals surface area contributed by atoms with Crippen molar-refractivity contribution in [2.75, 3.05) is 17.6 Å². The van der Waals surface area contributed by atoms with Crippen molar-refractivity contribution in [2.24, 2.45) is 0 Å². The molecule has 1 N–H and O–H groups in total. The van der Waals surface area contributed by atoms with Crippen molar-refractivity contribution in [1.29, 1.82) is 0 Å². The van der Waals surface area contributed by atoms with Crippen LogP contribution >= 0.6 is 28.1 Å². The van der Waals surface area contributed by atoms with Crippen molar-refractivity contribution < 1.29 is 9.94 Å². The van der Waals surface area contributed by atoms with Gasteiger partial charge in [-0.3, -0.25) is 5.21 Å². The van der Waals surface area contributed by atoms with E-state index in [1.54, 1.807) is 0 Å². The van der Waals surface area contributed by atoms with Crippen molar-refractivity contribution in [1.82, 2.24) is 4.31 Å². The van der Waals surface area contributed by atoms with Gasteiger partial charge in [-0.1, -0.05) is 15.9 Å². The lowest BCUT2D eigenvalue weighted by Crippen LogP contribution is -2.46. The summed E-state index contributed by atoms with van der Waals surface area (Å²) in [7, 11) is 0. The zero-order valence-corrected chi connectivity index (χ0v) is 12.9. The number of anilines is 1. The summed E-state index contributed by atoms with van der Waals surface area (Å²) < 4.78 is 10.3. The molecule has 2 unspecified atom stereocenters. The summed E-state index contributed by atoms with van der Waals surface area (Å²) in [5, 5.41) is 10.2. The molecule has 2 fully saturated rings. The molecule has 104 valence electrons. The van der Waals surface area contributed by atoms with Crippen LogP contribution in [0.15, 0.2) is 28.7 Å². The smallest absolute Gasteiger partial charge is 0.0779 e. The van der Waals surface area contributed by atoms with Gasteiger partial charge in [0.1, 0.15) is 0 Å². The molecule has 6 heteroatoms. The molecular weight excluding hydrogens is 328 g/mol. The van der Waals surface area contributed by atoms with Crippen molar-refractivity contribution in [3.8, 4) is 0 Å². The van der Waals surface area contributed by atoms with Gasteiger partial charge in [0, 0.05) is 17.1 Å². The fourth-order valence-electron chi connectivity index (χ4n) is 2.71. The number of ether oxygens (including phenoxy) is 1. The Hall–Kier alpha value is -0.270. The molecule has 1 aliphatic heterocycles. The molecule has 1 saturated carbocycles. The predicted molar refractivity (Wildman–Crippen MR) is 80.1 cm³/mol. The zero-order chi connectivity index (χ0) is 13.2. The fourth-order valence-corrected chi connectivity index (χ4v) is 3.90. The van der Waals surface area contributed by atoms with Crippen LogP contribution in [0.4, 0.5) is 5.69 Å². The largest absolute Gasteiger partial charge is 0.375 e. The van der Waals surface area contributed by atoms with Crippen LogP contribution in [0.3, 0.4) is 0 Å². The first-order chi connectivity index (χ1) is 9.24. The van der Waals surface area contributed by atoms with Gasteiger partial charge >= 0.3 is 0 Å². The molecule has 0 spiro atoms. The lowest BCUT2D eigenvalue weighted by Gasteiger charge is -2.37. The highest BCUT2D eigenvalue weighted by molar-refractivity contribution is 9.10. The molecule has 1 aliphatic carbocycles.